The van der Waals surface area contributed by atoms with Crippen LogP contribution in [0.4, 0.5) is 0 Å². The van der Waals surface area contributed by atoms with E-state index in [9.17, 15) is 4.79 Å². The molecule has 3 heteroatoms. The molecule has 0 aliphatic heterocycles. The highest BCUT2D eigenvalue weighted by Crippen LogP contribution is 2.23. The van der Waals surface area contributed by atoms with Gasteiger partial charge in [0.15, 0.2) is 5.78 Å². The van der Waals surface area contributed by atoms with E-state index in [-0.39, 0.29) is 11.9 Å². The molecule has 18 heavy (non-hydrogen) atoms. The summed E-state index contributed by atoms with van der Waals surface area (Å²) in [5.74, 6) is 0.729. The maximum absolute atomic E-state index is 12.0. The van der Waals surface area contributed by atoms with Crippen LogP contribution < -0.4 is 4.74 Å². The number of ether oxygens (including phenoxy) is 1. The van der Waals surface area contributed by atoms with Crippen LogP contribution in [0.5, 0.6) is 5.88 Å². The third-order valence-corrected chi connectivity index (χ3v) is 3.10. The van der Waals surface area contributed by atoms with E-state index in [2.05, 4.69) is 4.98 Å². The predicted molar refractivity (Wildman–Crippen MR) is 67.7 cm³/mol. The molecule has 0 amide bonds. The van der Waals surface area contributed by atoms with Crippen molar-refractivity contribution in [2.24, 2.45) is 0 Å². The minimum atomic E-state index is -0.109. The summed E-state index contributed by atoms with van der Waals surface area (Å²) in [6, 6.07) is 13.3. The smallest absolute Gasteiger partial charge is 0.213 e. The Morgan fingerprint density at radius 1 is 1.06 bits per heavy atom. The second kappa shape index (κ2) is 4.61. The Hall–Kier alpha value is -2.16. The van der Waals surface area contributed by atoms with Crippen LogP contribution in [0.1, 0.15) is 22.3 Å². The van der Waals surface area contributed by atoms with Crippen molar-refractivity contribution in [2.45, 2.75) is 18.9 Å². The molecule has 0 radical (unpaired) electrons. The van der Waals surface area contributed by atoms with Gasteiger partial charge in [0.1, 0.15) is 6.10 Å². The second-order valence-corrected chi connectivity index (χ2v) is 4.40. The average molecular weight is 239 g/mol. The molecule has 2 aromatic rings. The molecule has 0 spiro atoms. The van der Waals surface area contributed by atoms with Gasteiger partial charge < -0.3 is 4.74 Å². The van der Waals surface area contributed by atoms with Gasteiger partial charge in [-0.1, -0.05) is 30.3 Å². The van der Waals surface area contributed by atoms with Crippen molar-refractivity contribution in [1.29, 1.82) is 0 Å². The number of rotatable bonds is 2. The average Bonchev–Trinajstić information content (AvgIpc) is 2.40. The monoisotopic (exact) mass is 239 g/mol. The lowest BCUT2D eigenvalue weighted by Crippen LogP contribution is -2.29. The summed E-state index contributed by atoms with van der Waals surface area (Å²) in [5, 5.41) is 0. The van der Waals surface area contributed by atoms with Crippen molar-refractivity contribution in [3.05, 3.63) is 59.8 Å². The lowest BCUT2D eigenvalue weighted by Gasteiger charge is -2.23. The lowest BCUT2D eigenvalue weighted by atomic mass is 9.89. The van der Waals surface area contributed by atoms with Crippen molar-refractivity contribution in [3.63, 3.8) is 0 Å². The van der Waals surface area contributed by atoms with E-state index >= 15 is 0 Å². The maximum atomic E-state index is 12.0. The summed E-state index contributed by atoms with van der Waals surface area (Å²) < 4.78 is 5.75. The number of carbonyl (C=O) groups excluding carboxylic acids is 1. The second-order valence-electron chi connectivity index (χ2n) is 4.40. The number of aromatic nitrogens is 1. The Morgan fingerprint density at radius 2 is 1.89 bits per heavy atom. The van der Waals surface area contributed by atoms with Gasteiger partial charge in [0.25, 0.3) is 0 Å². The molecule has 0 bridgehead atoms. The standard InChI is InChI=1S/C15H13NO2/c17-14-10-12(18-15-7-3-4-8-16-15)9-11-5-1-2-6-13(11)14/h1-8,12H,9-10H2. The molecule has 90 valence electrons. The topological polar surface area (TPSA) is 39.2 Å². The molecular formula is C15H13NO2. The minimum Gasteiger partial charge on any atom is -0.474 e. The number of pyridine rings is 1. The van der Waals surface area contributed by atoms with Gasteiger partial charge >= 0.3 is 0 Å². The number of fused-ring (bicyclic) bond motifs is 1. The van der Waals surface area contributed by atoms with Crippen molar-refractivity contribution in [3.8, 4) is 5.88 Å². The predicted octanol–water partition coefficient (Wildman–Crippen LogP) is 2.66. The molecule has 1 aromatic carbocycles. The first-order valence-corrected chi connectivity index (χ1v) is 6.02. The van der Waals surface area contributed by atoms with Crippen molar-refractivity contribution >= 4 is 5.78 Å². The molecule has 1 aliphatic carbocycles. The number of ketones is 1. The van der Waals surface area contributed by atoms with E-state index in [1.54, 1.807) is 6.20 Å². The highest BCUT2D eigenvalue weighted by molar-refractivity contribution is 5.98. The van der Waals surface area contributed by atoms with Gasteiger partial charge in [0, 0.05) is 30.7 Å². The Kier molecular flexibility index (Phi) is 2.81. The molecule has 1 aromatic heterocycles. The third-order valence-electron chi connectivity index (χ3n) is 3.10. The number of Topliss-reactive ketones (excluding diaryl/α,β-unsaturated/α-hetero) is 1. The van der Waals surface area contributed by atoms with Crippen LogP contribution in [0.2, 0.25) is 0 Å². The van der Waals surface area contributed by atoms with E-state index in [0.29, 0.717) is 12.3 Å². The van der Waals surface area contributed by atoms with E-state index in [1.165, 1.54) is 0 Å². The molecule has 1 unspecified atom stereocenters. The highest BCUT2D eigenvalue weighted by Gasteiger charge is 2.26. The fraction of sp³-hybridized carbons (Fsp3) is 0.200. The summed E-state index contributed by atoms with van der Waals surface area (Å²) in [4.78, 5) is 16.1. The molecule has 0 saturated carbocycles. The van der Waals surface area contributed by atoms with E-state index in [4.69, 9.17) is 4.74 Å². The molecule has 0 fully saturated rings. The fourth-order valence-corrected chi connectivity index (χ4v) is 2.28. The van der Waals surface area contributed by atoms with Gasteiger partial charge in [-0.15, -0.1) is 0 Å². The number of benzene rings is 1. The Bertz CT molecular complexity index is 566. The van der Waals surface area contributed by atoms with Gasteiger partial charge in [0.05, 0.1) is 0 Å². The van der Waals surface area contributed by atoms with E-state index in [0.717, 1.165) is 17.5 Å². The molecule has 0 N–H and O–H groups in total. The normalized spacial score (nSPS) is 18.2. The van der Waals surface area contributed by atoms with Gasteiger partial charge in [-0.05, 0) is 11.6 Å². The van der Waals surface area contributed by atoms with Gasteiger partial charge in [-0.3, -0.25) is 4.79 Å². The van der Waals surface area contributed by atoms with Crippen LogP contribution >= 0.6 is 0 Å². The molecular weight excluding hydrogens is 226 g/mol. The van der Waals surface area contributed by atoms with Gasteiger partial charge in [-0.2, -0.15) is 0 Å². The highest BCUT2D eigenvalue weighted by atomic mass is 16.5. The summed E-state index contributed by atoms with van der Waals surface area (Å²) in [7, 11) is 0. The fourth-order valence-electron chi connectivity index (χ4n) is 2.28. The summed E-state index contributed by atoms with van der Waals surface area (Å²) in [5.41, 5.74) is 1.90. The molecule has 3 nitrogen and oxygen atoms in total. The first-order valence-electron chi connectivity index (χ1n) is 6.02. The Morgan fingerprint density at radius 3 is 2.72 bits per heavy atom. The van der Waals surface area contributed by atoms with Crippen LogP contribution in [0.15, 0.2) is 48.7 Å². The third kappa shape index (κ3) is 2.12. The largest absolute Gasteiger partial charge is 0.474 e. The molecule has 1 atom stereocenters. The number of hydrogen-bond donors (Lipinski definition) is 0. The first kappa shape index (κ1) is 11.0. The van der Waals surface area contributed by atoms with Crippen molar-refractivity contribution in [2.75, 3.05) is 0 Å². The van der Waals surface area contributed by atoms with Crippen LogP contribution in [0.25, 0.3) is 0 Å². The molecule has 1 heterocycles. The summed E-state index contributed by atoms with van der Waals surface area (Å²) in [6.45, 7) is 0. The zero-order chi connectivity index (χ0) is 12.4. The minimum absolute atomic E-state index is 0.109. The van der Waals surface area contributed by atoms with Crippen LogP contribution in [-0.2, 0) is 6.42 Å². The van der Waals surface area contributed by atoms with Gasteiger partial charge in [0.2, 0.25) is 5.88 Å². The van der Waals surface area contributed by atoms with Crippen LogP contribution in [-0.4, -0.2) is 16.9 Å². The zero-order valence-electron chi connectivity index (χ0n) is 9.87. The summed E-state index contributed by atoms with van der Waals surface area (Å²) in [6.07, 6.45) is 2.77. The van der Waals surface area contributed by atoms with Crippen molar-refractivity contribution < 1.29 is 9.53 Å². The SMILES string of the molecule is O=C1CC(Oc2ccccn2)Cc2ccccc21. The zero-order valence-corrected chi connectivity index (χ0v) is 9.87. The van der Waals surface area contributed by atoms with Crippen LogP contribution in [0, 0.1) is 0 Å². The Labute approximate surface area is 105 Å². The lowest BCUT2D eigenvalue weighted by molar-refractivity contribution is 0.0878. The van der Waals surface area contributed by atoms with Gasteiger partial charge in [-0.25, -0.2) is 4.98 Å². The maximum Gasteiger partial charge on any atom is 0.213 e. The number of nitrogens with zero attached hydrogens (tertiary/aromatic N) is 1. The number of carbonyl (C=O) groups is 1. The van der Waals surface area contributed by atoms with E-state index < -0.39 is 0 Å². The molecule has 1 aliphatic rings. The molecule has 3 rings (SSSR count). The van der Waals surface area contributed by atoms with E-state index in [1.807, 2.05) is 42.5 Å². The van der Waals surface area contributed by atoms with Crippen molar-refractivity contribution in [1.82, 2.24) is 4.98 Å². The number of hydrogen-bond acceptors (Lipinski definition) is 3. The quantitative estimate of drug-likeness (QED) is 0.808. The first-order chi connectivity index (χ1) is 8.83. The van der Waals surface area contributed by atoms with Crippen LogP contribution in [0.3, 0.4) is 0 Å². The Balaban J connectivity index is 1.80. The summed E-state index contributed by atoms with van der Waals surface area (Å²) >= 11 is 0. The molecule has 0 saturated heterocycles.